The van der Waals surface area contributed by atoms with E-state index in [1.807, 2.05) is 12.1 Å². The highest BCUT2D eigenvalue weighted by molar-refractivity contribution is 6.01. The summed E-state index contributed by atoms with van der Waals surface area (Å²) in [4.78, 5) is 16.3. The fourth-order valence-electron chi connectivity index (χ4n) is 7.11. The van der Waals surface area contributed by atoms with Crippen LogP contribution in [0, 0.1) is 23.2 Å². The number of rotatable bonds is 3. The summed E-state index contributed by atoms with van der Waals surface area (Å²) in [5.41, 5.74) is 2.11. The minimum atomic E-state index is -0.210. The van der Waals surface area contributed by atoms with Gasteiger partial charge in [0, 0.05) is 18.0 Å². The first-order valence-electron chi connectivity index (χ1n) is 11.2. The number of hydrogen-bond donors (Lipinski definition) is 1. The van der Waals surface area contributed by atoms with Crippen LogP contribution in [-0.2, 0) is 0 Å². The summed E-state index contributed by atoms with van der Waals surface area (Å²) >= 11 is 0. The molecule has 4 heteroatoms. The average Bonchev–Trinajstić information content (AvgIpc) is 3.32. The highest BCUT2D eigenvalue weighted by Crippen LogP contribution is 2.62. The molecule has 0 bridgehead atoms. The maximum Gasteiger partial charge on any atom is 0.167 e. The zero-order valence-electron chi connectivity index (χ0n) is 17.2. The zero-order valence-corrected chi connectivity index (χ0v) is 17.2. The fraction of sp³-hybridized carbons (Fsp3) is 0.708. The Morgan fingerprint density at radius 2 is 2.00 bits per heavy atom. The van der Waals surface area contributed by atoms with Gasteiger partial charge < -0.3 is 14.7 Å². The third-order valence-corrected chi connectivity index (χ3v) is 8.66. The maximum absolute atomic E-state index is 13.8. The number of methoxy groups -OCH3 is 1. The van der Waals surface area contributed by atoms with Gasteiger partial charge in [0.05, 0.1) is 13.2 Å². The molecule has 6 atom stereocenters. The quantitative estimate of drug-likeness (QED) is 0.861. The molecule has 4 nitrogen and oxygen atoms in total. The van der Waals surface area contributed by atoms with Crippen molar-refractivity contribution >= 4 is 5.78 Å². The van der Waals surface area contributed by atoms with Gasteiger partial charge in [-0.15, -0.1) is 0 Å². The zero-order chi connectivity index (χ0) is 19.5. The lowest BCUT2D eigenvalue weighted by Gasteiger charge is -2.52. The molecule has 0 amide bonds. The van der Waals surface area contributed by atoms with Crippen molar-refractivity contribution in [3.8, 4) is 5.75 Å². The average molecular weight is 384 g/mol. The summed E-state index contributed by atoms with van der Waals surface area (Å²) in [6.45, 7) is 5.42. The molecule has 2 saturated carbocycles. The number of ether oxygens (including phenoxy) is 1. The van der Waals surface area contributed by atoms with Crippen LogP contribution in [0.15, 0.2) is 18.2 Å². The molecule has 1 aromatic rings. The number of aliphatic hydroxyl groups excluding tert-OH is 1. The van der Waals surface area contributed by atoms with Crippen LogP contribution in [0.25, 0.3) is 0 Å². The van der Waals surface area contributed by atoms with Gasteiger partial charge >= 0.3 is 0 Å². The van der Waals surface area contributed by atoms with Crippen molar-refractivity contribution in [2.75, 3.05) is 26.7 Å². The van der Waals surface area contributed by atoms with Crippen LogP contribution in [0.3, 0.4) is 0 Å². The lowest BCUT2D eigenvalue weighted by molar-refractivity contribution is -0.0369. The number of likely N-dealkylation sites (tertiary alicyclic amines) is 1. The Morgan fingerprint density at radius 3 is 2.75 bits per heavy atom. The molecule has 28 heavy (non-hydrogen) atoms. The van der Waals surface area contributed by atoms with Crippen molar-refractivity contribution < 1.29 is 14.6 Å². The van der Waals surface area contributed by atoms with Crippen LogP contribution in [0.5, 0.6) is 5.75 Å². The van der Waals surface area contributed by atoms with Gasteiger partial charge in [-0.05, 0) is 92.5 Å². The molecule has 152 valence electrons. The Bertz CT molecular complexity index is 771. The second-order valence-electron chi connectivity index (χ2n) is 9.86. The third kappa shape index (κ3) is 2.68. The molecule has 1 saturated heterocycles. The topological polar surface area (TPSA) is 49.8 Å². The van der Waals surface area contributed by atoms with Gasteiger partial charge in [-0.3, -0.25) is 4.79 Å². The number of Topliss-reactive ketones (excluding diaryl/α,β-unsaturated/α-hetero) is 1. The van der Waals surface area contributed by atoms with Gasteiger partial charge in [0.25, 0.3) is 0 Å². The van der Waals surface area contributed by atoms with Crippen LogP contribution < -0.4 is 4.74 Å². The molecule has 3 aliphatic carbocycles. The van der Waals surface area contributed by atoms with Crippen molar-refractivity contribution in [3.05, 3.63) is 29.3 Å². The van der Waals surface area contributed by atoms with Crippen LogP contribution in [-0.4, -0.2) is 48.6 Å². The second kappa shape index (κ2) is 6.84. The van der Waals surface area contributed by atoms with E-state index in [1.54, 1.807) is 7.11 Å². The molecule has 0 aromatic heterocycles. The molecule has 1 aromatic carbocycles. The number of carbonyl (C=O) groups is 1. The Hall–Kier alpha value is -1.39. The first-order valence-corrected chi connectivity index (χ1v) is 11.2. The molecule has 3 fully saturated rings. The summed E-state index contributed by atoms with van der Waals surface area (Å²) in [6, 6.07) is 6.13. The summed E-state index contributed by atoms with van der Waals surface area (Å²) in [6.07, 6.45) is 6.39. The van der Waals surface area contributed by atoms with E-state index in [0.717, 1.165) is 56.6 Å². The van der Waals surface area contributed by atoms with E-state index in [9.17, 15) is 9.90 Å². The smallest absolute Gasteiger partial charge is 0.167 e. The van der Waals surface area contributed by atoms with Crippen molar-refractivity contribution in [1.82, 2.24) is 4.90 Å². The molecule has 5 rings (SSSR count). The predicted molar refractivity (Wildman–Crippen MR) is 109 cm³/mol. The van der Waals surface area contributed by atoms with Crippen LogP contribution >= 0.6 is 0 Å². The Balaban J connectivity index is 1.58. The molecular weight excluding hydrogens is 350 g/mol. The minimum Gasteiger partial charge on any atom is -0.497 e. The summed E-state index contributed by atoms with van der Waals surface area (Å²) in [7, 11) is 1.67. The van der Waals surface area contributed by atoms with Gasteiger partial charge in [-0.25, -0.2) is 0 Å². The summed E-state index contributed by atoms with van der Waals surface area (Å²) in [5, 5.41) is 10.8. The highest BCUT2D eigenvalue weighted by Gasteiger charge is 2.58. The van der Waals surface area contributed by atoms with Gasteiger partial charge in [-0.1, -0.05) is 13.0 Å². The lowest BCUT2D eigenvalue weighted by atomic mass is 9.52. The predicted octanol–water partition coefficient (Wildman–Crippen LogP) is 3.87. The molecule has 1 N–H and O–H groups in total. The summed E-state index contributed by atoms with van der Waals surface area (Å²) in [5.74, 6) is 2.40. The molecule has 1 heterocycles. The number of nitrogens with zero attached hydrogens (tertiary/aromatic N) is 1. The van der Waals surface area contributed by atoms with E-state index in [0.29, 0.717) is 23.5 Å². The van der Waals surface area contributed by atoms with Gasteiger partial charge in [0.2, 0.25) is 0 Å². The molecule has 4 aliphatic rings. The lowest BCUT2D eigenvalue weighted by Crippen LogP contribution is -2.51. The van der Waals surface area contributed by atoms with Gasteiger partial charge in [0.15, 0.2) is 5.78 Å². The first kappa shape index (κ1) is 18.6. The minimum absolute atomic E-state index is 0.0192. The largest absolute Gasteiger partial charge is 0.497 e. The standard InChI is InChI=1S/C24H33NO3/c1-24-10-9-17-16-6-5-15(28-2)13-18(16)23(27)19(14-25-11-3-4-12-25)22(17)20(24)7-8-21(24)26/h5-6,13,17,19-22,26H,3-4,7-12,14H2,1-2H3/t17-,19-,20+,21+,22+,24+/m1/s1. The van der Waals surface area contributed by atoms with Crippen LogP contribution in [0.1, 0.15) is 67.3 Å². The van der Waals surface area contributed by atoms with Crippen molar-refractivity contribution in [1.29, 1.82) is 0 Å². The first-order chi connectivity index (χ1) is 13.5. The number of aliphatic hydroxyl groups is 1. The van der Waals surface area contributed by atoms with Gasteiger partial charge in [-0.2, -0.15) is 0 Å². The number of carbonyl (C=O) groups excluding carboxylic acids is 1. The Morgan fingerprint density at radius 1 is 1.21 bits per heavy atom. The Kier molecular flexibility index (Phi) is 4.55. The summed E-state index contributed by atoms with van der Waals surface area (Å²) < 4.78 is 5.44. The normalized spacial score (nSPS) is 40.1. The molecule has 0 spiro atoms. The SMILES string of the molecule is COc1ccc2c(c1)C(=O)[C@H](CN1CCCC1)[C@@H]1[C@@H]2CC[C@]2(C)[C@@H](O)CC[C@@H]12. The fourth-order valence-corrected chi connectivity index (χ4v) is 7.11. The van der Waals surface area contributed by atoms with E-state index in [1.165, 1.54) is 18.4 Å². The molecule has 0 radical (unpaired) electrons. The highest BCUT2D eigenvalue weighted by atomic mass is 16.5. The van der Waals surface area contributed by atoms with E-state index in [4.69, 9.17) is 4.74 Å². The van der Waals surface area contributed by atoms with Gasteiger partial charge in [0.1, 0.15) is 5.75 Å². The van der Waals surface area contributed by atoms with Crippen molar-refractivity contribution in [2.24, 2.45) is 23.2 Å². The van der Waals surface area contributed by atoms with Crippen molar-refractivity contribution in [3.63, 3.8) is 0 Å². The van der Waals surface area contributed by atoms with Crippen molar-refractivity contribution in [2.45, 2.75) is 57.5 Å². The number of hydrogen-bond acceptors (Lipinski definition) is 4. The van der Waals surface area contributed by atoms with Crippen LogP contribution in [0.4, 0.5) is 0 Å². The molecule has 1 aliphatic heterocycles. The second-order valence-corrected chi connectivity index (χ2v) is 9.86. The van der Waals surface area contributed by atoms with E-state index >= 15 is 0 Å². The number of benzene rings is 1. The Labute approximate surface area is 168 Å². The molecular formula is C24H33NO3. The van der Waals surface area contributed by atoms with E-state index in [2.05, 4.69) is 17.9 Å². The number of fused-ring (bicyclic) bond motifs is 5. The monoisotopic (exact) mass is 383 g/mol. The number of ketones is 1. The third-order valence-electron chi connectivity index (χ3n) is 8.66. The van der Waals surface area contributed by atoms with Crippen LogP contribution in [0.2, 0.25) is 0 Å². The van der Waals surface area contributed by atoms with E-state index in [-0.39, 0.29) is 17.4 Å². The van der Waals surface area contributed by atoms with E-state index < -0.39 is 0 Å². The maximum atomic E-state index is 13.8. The molecule has 0 unspecified atom stereocenters.